The number of ether oxygens (including phenoxy) is 2. The molecule has 2 rings (SSSR count). The molecule has 0 saturated carbocycles. The second kappa shape index (κ2) is 6.01. The van der Waals surface area contributed by atoms with Crippen LogP contribution >= 0.6 is 0 Å². The maximum absolute atomic E-state index is 12.3. The van der Waals surface area contributed by atoms with Gasteiger partial charge in [-0.15, -0.1) is 0 Å². The lowest BCUT2D eigenvalue weighted by atomic mass is 10.1. The molecule has 0 amide bonds. The number of nitrogens with one attached hydrogen (secondary N) is 1. The molecule has 0 fully saturated rings. The van der Waals surface area contributed by atoms with Gasteiger partial charge >= 0.3 is 0 Å². The minimum atomic E-state index is -3.54. The van der Waals surface area contributed by atoms with E-state index in [2.05, 4.69) is 4.72 Å². The fourth-order valence-corrected chi connectivity index (χ4v) is 3.17. The highest BCUT2D eigenvalue weighted by atomic mass is 32.2. The highest BCUT2D eigenvalue weighted by Crippen LogP contribution is 2.31. The van der Waals surface area contributed by atoms with Crippen molar-refractivity contribution in [1.29, 1.82) is 0 Å². The summed E-state index contributed by atoms with van der Waals surface area (Å²) in [5, 5.41) is 0. The molecule has 0 bridgehead atoms. The molecule has 20 heavy (non-hydrogen) atoms. The third-order valence-electron chi connectivity index (χ3n) is 3.37. The van der Waals surface area contributed by atoms with Crippen molar-refractivity contribution >= 4 is 10.0 Å². The Bertz CT molecular complexity index is 569. The van der Waals surface area contributed by atoms with Crippen LogP contribution in [0.3, 0.4) is 0 Å². The molecule has 0 spiro atoms. The van der Waals surface area contributed by atoms with Crippen molar-refractivity contribution in [2.24, 2.45) is 5.92 Å². The molecule has 1 aliphatic heterocycles. The zero-order valence-electron chi connectivity index (χ0n) is 12.0. The molecule has 0 aromatic heterocycles. The lowest BCUT2D eigenvalue weighted by molar-refractivity contribution is 0.297. The molecule has 0 unspecified atom stereocenters. The van der Waals surface area contributed by atoms with Crippen LogP contribution in [0.4, 0.5) is 0 Å². The molecule has 1 heterocycles. The van der Waals surface area contributed by atoms with Gasteiger partial charge in [-0.05, 0) is 25.0 Å². The molecule has 1 aromatic rings. The van der Waals surface area contributed by atoms with Crippen molar-refractivity contribution in [2.75, 3.05) is 13.2 Å². The summed E-state index contributed by atoms with van der Waals surface area (Å²) in [4.78, 5) is 0.203. The topological polar surface area (TPSA) is 64.6 Å². The van der Waals surface area contributed by atoms with Crippen LogP contribution < -0.4 is 14.2 Å². The van der Waals surface area contributed by atoms with Crippen molar-refractivity contribution in [1.82, 2.24) is 4.72 Å². The van der Waals surface area contributed by atoms with Crippen molar-refractivity contribution in [3.05, 3.63) is 18.2 Å². The highest BCUT2D eigenvalue weighted by Gasteiger charge is 2.21. The Morgan fingerprint density at radius 3 is 2.40 bits per heavy atom. The average molecular weight is 299 g/mol. The molecule has 5 nitrogen and oxygen atoms in total. The van der Waals surface area contributed by atoms with E-state index in [1.54, 1.807) is 12.1 Å². The largest absolute Gasteiger partial charge is 0.490 e. The molecular weight excluding hydrogens is 278 g/mol. The van der Waals surface area contributed by atoms with Gasteiger partial charge in [0, 0.05) is 18.5 Å². The summed E-state index contributed by atoms with van der Waals surface area (Å²) in [7, 11) is -3.54. The van der Waals surface area contributed by atoms with E-state index in [4.69, 9.17) is 9.47 Å². The molecule has 1 atom stereocenters. The fraction of sp³-hybridized carbons (Fsp3) is 0.571. The first kappa shape index (κ1) is 15.1. The molecular formula is C14H21NO4S. The van der Waals surface area contributed by atoms with Gasteiger partial charge in [0.15, 0.2) is 11.5 Å². The van der Waals surface area contributed by atoms with Gasteiger partial charge in [0.1, 0.15) is 0 Å². The van der Waals surface area contributed by atoms with Gasteiger partial charge in [-0.1, -0.05) is 13.8 Å². The Labute approximate surface area is 120 Å². The van der Waals surface area contributed by atoms with Crippen LogP contribution in [0.2, 0.25) is 0 Å². The molecule has 112 valence electrons. The Morgan fingerprint density at radius 1 is 1.10 bits per heavy atom. The predicted octanol–water partition coefficient (Wildman–Crippen LogP) is 2.17. The summed E-state index contributed by atoms with van der Waals surface area (Å²) < 4.78 is 38.3. The first-order chi connectivity index (χ1) is 9.40. The van der Waals surface area contributed by atoms with Crippen LogP contribution in [0, 0.1) is 5.92 Å². The number of benzene rings is 1. The van der Waals surface area contributed by atoms with Gasteiger partial charge in [-0.3, -0.25) is 0 Å². The Hall–Kier alpha value is -1.27. The van der Waals surface area contributed by atoms with Gasteiger partial charge in [0.05, 0.1) is 18.1 Å². The number of rotatable bonds is 4. The summed E-state index contributed by atoms with van der Waals surface area (Å²) in [5.41, 5.74) is 0. The van der Waals surface area contributed by atoms with Crippen molar-refractivity contribution in [3.63, 3.8) is 0 Å². The van der Waals surface area contributed by atoms with E-state index in [0.717, 1.165) is 6.42 Å². The zero-order chi connectivity index (χ0) is 14.8. The smallest absolute Gasteiger partial charge is 0.240 e. The van der Waals surface area contributed by atoms with Crippen molar-refractivity contribution in [3.8, 4) is 11.5 Å². The van der Waals surface area contributed by atoms with Gasteiger partial charge < -0.3 is 9.47 Å². The van der Waals surface area contributed by atoms with Crippen LogP contribution in [0.15, 0.2) is 23.1 Å². The van der Waals surface area contributed by atoms with E-state index in [9.17, 15) is 8.42 Å². The van der Waals surface area contributed by atoms with Crippen LogP contribution in [0.1, 0.15) is 27.2 Å². The van der Waals surface area contributed by atoms with E-state index < -0.39 is 10.0 Å². The quantitative estimate of drug-likeness (QED) is 0.925. The highest BCUT2D eigenvalue weighted by molar-refractivity contribution is 7.89. The molecule has 0 radical (unpaired) electrons. The van der Waals surface area contributed by atoms with Crippen molar-refractivity contribution < 1.29 is 17.9 Å². The van der Waals surface area contributed by atoms with Crippen molar-refractivity contribution in [2.45, 2.75) is 38.1 Å². The minimum Gasteiger partial charge on any atom is -0.490 e. The standard InChI is InChI=1S/C14H21NO4S/c1-10(2)11(3)15-20(16,17)12-5-6-13-14(9-12)19-8-4-7-18-13/h5-6,9-11,15H,4,7-8H2,1-3H3/t11-/m1/s1. The SMILES string of the molecule is CC(C)[C@@H](C)NS(=O)(=O)c1ccc2c(c1)OCCCO2. The molecule has 0 aliphatic carbocycles. The first-order valence-electron chi connectivity index (χ1n) is 6.82. The average Bonchev–Trinajstić information content (AvgIpc) is 2.62. The van der Waals surface area contributed by atoms with Gasteiger partial charge in [-0.2, -0.15) is 0 Å². The van der Waals surface area contributed by atoms with Gasteiger partial charge in [0.25, 0.3) is 0 Å². The monoisotopic (exact) mass is 299 g/mol. The Morgan fingerprint density at radius 2 is 1.75 bits per heavy atom. The fourth-order valence-electron chi connectivity index (χ4n) is 1.76. The molecule has 6 heteroatoms. The lowest BCUT2D eigenvalue weighted by Crippen LogP contribution is -2.36. The predicted molar refractivity (Wildman–Crippen MR) is 76.7 cm³/mol. The number of fused-ring (bicyclic) bond motifs is 1. The number of sulfonamides is 1. The second-order valence-corrected chi connectivity index (χ2v) is 7.03. The maximum atomic E-state index is 12.3. The van der Waals surface area contributed by atoms with E-state index >= 15 is 0 Å². The molecule has 1 N–H and O–H groups in total. The Balaban J connectivity index is 2.26. The number of hydrogen-bond donors (Lipinski definition) is 1. The van der Waals surface area contributed by atoms with Crippen LogP contribution in [-0.4, -0.2) is 27.7 Å². The van der Waals surface area contributed by atoms with E-state index in [0.29, 0.717) is 24.7 Å². The third kappa shape index (κ3) is 3.43. The summed E-state index contributed by atoms with van der Waals surface area (Å²) in [5.74, 6) is 1.31. The third-order valence-corrected chi connectivity index (χ3v) is 4.93. The zero-order valence-corrected chi connectivity index (χ0v) is 12.9. The lowest BCUT2D eigenvalue weighted by Gasteiger charge is -2.18. The summed E-state index contributed by atoms with van der Waals surface area (Å²) in [6.45, 7) is 6.92. The maximum Gasteiger partial charge on any atom is 0.240 e. The Kier molecular flexibility index (Phi) is 4.55. The van der Waals surface area contributed by atoms with E-state index in [-0.39, 0.29) is 16.9 Å². The van der Waals surface area contributed by atoms with E-state index in [1.165, 1.54) is 6.07 Å². The molecule has 0 saturated heterocycles. The summed E-state index contributed by atoms with van der Waals surface area (Å²) in [6, 6.07) is 4.59. The number of hydrogen-bond acceptors (Lipinski definition) is 4. The van der Waals surface area contributed by atoms with Crippen LogP contribution in [0.5, 0.6) is 11.5 Å². The second-order valence-electron chi connectivity index (χ2n) is 5.31. The normalized spacial score (nSPS) is 16.8. The molecule has 1 aromatic carbocycles. The molecule has 1 aliphatic rings. The van der Waals surface area contributed by atoms with Gasteiger partial charge in [-0.25, -0.2) is 13.1 Å². The first-order valence-corrected chi connectivity index (χ1v) is 8.30. The minimum absolute atomic E-state index is 0.129. The summed E-state index contributed by atoms with van der Waals surface area (Å²) in [6.07, 6.45) is 0.791. The van der Waals surface area contributed by atoms with E-state index in [1.807, 2.05) is 20.8 Å². The van der Waals surface area contributed by atoms with Gasteiger partial charge in [0.2, 0.25) is 10.0 Å². The van der Waals surface area contributed by atoms with Crippen LogP contribution in [0.25, 0.3) is 0 Å². The van der Waals surface area contributed by atoms with Crippen LogP contribution in [-0.2, 0) is 10.0 Å². The summed E-state index contributed by atoms with van der Waals surface area (Å²) >= 11 is 0.